The molecule has 0 bridgehead atoms. The second-order valence-corrected chi connectivity index (χ2v) is 1.73. The minimum atomic E-state index is 0. The van der Waals surface area contributed by atoms with Crippen LogP contribution in [0.15, 0.2) is 0 Å². The fourth-order valence-electron chi connectivity index (χ4n) is 0.407. The van der Waals surface area contributed by atoms with Crippen LogP contribution in [-0.4, -0.2) is 23.1 Å². The summed E-state index contributed by atoms with van der Waals surface area (Å²) in [5, 5.41) is 0. The second-order valence-electron chi connectivity index (χ2n) is 1.73. The summed E-state index contributed by atoms with van der Waals surface area (Å²) >= 11 is 0. The molecule has 0 N–H and O–H groups in total. The molecule has 0 saturated heterocycles. The van der Waals surface area contributed by atoms with Crippen LogP contribution in [0.3, 0.4) is 0 Å². The monoisotopic (exact) mass is 172 g/mol. The molecule has 1 fully saturated rings. The van der Waals surface area contributed by atoms with E-state index in [2.05, 4.69) is 6.92 Å². The summed E-state index contributed by atoms with van der Waals surface area (Å²) in [7, 11) is 0. The molecule has 0 atom stereocenters. The third kappa shape index (κ3) is 5.11. The van der Waals surface area contributed by atoms with Crippen LogP contribution in [-0.2, 0) is 0 Å². The van der Waals surface area contributed by atoms with Crippen molar-refractivity contribution in [2.45, 2.75) is 19.3 Å². The number of halogens is 1. The zero-order valence-electron chi connectivity index (χ0n) is 4.49. The average molecular weight is 173 g/mol. The summed E-state index contributed by atoms with van der Waals surface area (Å²) < 4.78 is 0. The molecule has 2 heteroatoms. The van der Waals surface area contributed by atoms with E-state index in [1.54, 1.807) is 0 Å². The Balaban J connectivity index is 0. The van der Waals surface area contributed by atoms with E-state index in [1.165, 1.54) is 19.3 Å². The van der Waals surface area contributed by atoms with Gasteiger partial charge >= 0.3 is 23.1 Å². The van der Waals surface area contributed by atoms with E-state index in [9.17, 15) is 0 Å². The van der Waals surface area contributed by atoms with E-state index in [-0.39, 0.29) is 40.0 Å². The van der Waals surface area contributed by atoms with E-state index >= 15 is 0 Å². The maximum absolute atomic E-state index is 3.75. The Labute approximate surface area is 72.0 Å². The molecule has 1 aliphatic rings. The first-order chi connectivity index (χ1) is 2.43. The Morgan fingerprint density at radius 3 is 1.86 bits per heavy atom. The third-order valence-electron chi connectivity index (χ3n) is 1.11. The van der Waals surface area contributed by atoms with E-state index in [0.717, 1.165) is 5.92 Å². The van der Waals surface area contributed by atoms with E-state index in [0.29, 0.717) is 0 Å². The van der Waals surface area contributed by atoms with Crippen LogP contribution in [0.4, 0.5) is 0 Å². The molecular formula is C5H9BrMg. The SMILES string of the molecule is [Br-].[CH2-]CC1CC1.[Mg+2]. The van der Waals surface area contributed by atoms with Gasteiger partial charge in [0.25, 0.3) is 0 Å². The van der Waals surface area contributed by atoms with E-state index in [1.807, 2.05) is 0 Å². The second kappa shape index (κ2) is 5.38. The van der Waals surface area contributed by atoms with Gasteiger partial charge in [-0.3, -0.25) is 0 Å². The molecular weight excluding hydrogens is 164 g/mol. The van der Waals surface area contributed by atoms with E-state index in [4.69, 9.17) is 0 Å². The molecule has 0 aromatic carbocycles. The Morgan fingerprint density at radius 1 is 1.43 bits per heavy atom. The van der Waals surface area contributed by atoms with Gasteiger partial charge in [-0.25, -0.2) is 0 Å². The molecule has 0 aromatic rings. The summed E-state index contributed by atoms with van der Waals surface area (Å²) in [5.41, 5.74) is 0. The number of hydrogen-bond donors (Lipinski definition) is 0. The Hall–Kier alpha value is 1.25. The summed E-state index contributed by atoms with van der Waals surface area (Å²) in [6.45, 7) is 3.75. The van der Waals surface area contributed by atoms with Crippen LogP contribution >= 0.6 is 0 Å². The average Bonchev–Trinajstić information content (AvgIpc) is 2.12. The van der Waals surface area contributed by atoms with Crippen LogP contribution in [0.2, 0.25) is 0 Å². The van der Waals surface area contributed by atoms with Crippen LogP contribution in [0.1, 0.15) is 19.3 Å². The molecule has 0 unspecified atom stereocenters. The van der Waals surface area contributed by atoms with Crippen LogP contribution in [0.5, 0.6) is 0 Å². The normalized spacial score (nSPS) is 16.7. The predicted molar refractivity (Wildman–Crippen MR) is 28.5 cm³/mol. The van der Waals surface area contributed by atoms with Gasteiger partial charge in [0.05, 0.1) is 0 Å². The van der Waals surface area contributed by atoms with Gasteiger partial charge in [-0.15, -0.1) is 0 Å². The number of rotatable bonds is 1. The van der Waals surface area contributed by atoms with Gasteiger partial charge < -0.3 is 23.9 Å². The van der Waals surface area contributed by atoms with Crippen LogP contribution < -0.4 is 17.0 Å². The van der Waals surface area contributed by atoms with Gasteiger partial charge in [-0.2, -0.15) is 6.42 Å². The van der Waals surface area contributed by atoms with Gasteiger partial charge in [0.1, 0.15) is 0 Å². The standard InChI is InChI=1S/C5H9.BrH.Mg/c1-2-5-3-4-5;;/h5H,1-4H2;1H;/q-1;;+2/p-1. The fourth-order valence-corrected chi connectivity index (χ4v) is 0.407. The van der Waals surface area contributed by atoms with Crippen molar-refractivity contribution in [1.29, 1.82) is 0 Å². The molecule has 1 aliphatic carbocycles. The van der Waals surface area contributed by atoms with Gasteiger partial charge in [-0.05, 0) is 0 Å². The number of hydrogen-bond acceptors (Lipinski definition) is 0. The first-order valence-electron chi connectivity index (χ1n) is 2.22. The van der Waals surface area contributed by atoms with Crippen LogP contribution in [0.25, 0.3) is 0 Å². The largest absolute Gasteiger partial charge is 2.00 e. The molecule has 0 aliphatic heterocycles. The predicted octanol–water partition coefficient (Wildman–Crippen LogP) is -1.76. The fraction of sp³-hybridized carbons (Fsp3) is 0.800. The summed E-state index contributed by atoms with van der Waals surface area (Å²) in [6.07, 6.45) is 4.06. The van der Waals surface area contributed by atoms with Gasteiger partial charge in [0.2, 0.25) is 0 Å². The molecule has 38 valence electrons. The third-order valence-corrected chi connectivity index (χ3v) is 1.11. The topological polar surface area (TPSA) is 0 Å². The summed E-state index contributed by atoms with van der Waals surface area (Å²) in [5.74, 6) is 1.02. The Bertz CT molecular complexity index is 35.1. The minimum Gasteiger partial charge on any atom is -1.00 e. The molecule has 0 amide bonds. The maximum Gasteiger partial charge on any atom is 2.00 e. The summed E-state index contributed by atoms with van der Waals surface area (Å²) in [6, 6.07) is 0. The smallest absolute Gasteiger partial charge is 1.00 e. The molecule has 7 heavy (non-hydrogen) atoms. The quantitative estimate of drug-likeness (QED) is 0.326. The molecule has 1 rings (SSSR count). The van der Waals surface area contributed by atoms with Crippen molar-refractivity contribution in [2.24, 2.45) is 5.92 Å². The van der Waals surface area contributed by atoms with Gasteiger partial charge in [0.15, 0.2) is 0 Å². The van der Waals surface area contributed by atoms with Crippen molar-refractivity contribution in [3.05, 3.63) is 6.92 Å². The molecule has 0 spiro atoms. The molecule has 1 saturated carbocycles. The first-order valence-corrected chi connectivity index (χ1v) is 2.22. The van der Waals surface area contributed by atoms with Crippen molar-refractivity contribution < 1.29 is 17.0 Å². The molecule has 0 aromatic heterocycles. The zero-order chi connectivity index (χ0) is 3.70. The van der Waals surface area contributed by atoms with Crippen molar-refractivity contribution in [2.75, 3.05) is 0 Å². The van der Waals surface area contributed by atoms with Gasteiger partial charge in [-0.1, -0.05) is 18.8 Å². The van der Waals surface area contributed by atoms with Crippen molar-refractivity contribution >= 4 is 23.1 Å². The summed E-state index contributed by atoms with van der Waals surface area (Å²) in [4.78, 5) is 0. The molecule has 0 radical (unpaired) electrons. The molecule has 0 heterocycles. The maximum atomic E-state index is 3.75. The van der Waals surface area contributed by atoms with Crippen molar-refractivity contribution in [3.8, 4) is 0 Å². The Morgan fingerprint density at radius 2 is 1.86 bits per heavy atom. The van der Waals surface area contributed by atoms with E-state index < -0.39 is 0 Å². The van der Waals surface area contributed by atoms with Gasteiger partial charge in [0, 0.05) is 0 Å². The zero-order valence-corrected chi connectivity index (χ0v) is 7.49. The van der Waals surface area contributed by atoms with Crippen molar-refractivity contribution in [3.63, 3.8) is 0 Å². The Kier molecular flexibility index (Phi) is 8.54. The van der Waals surface area contributed by atoms with Crippen LogP contribution in [0, 0.1) is 12.8 Å². The molecule has 0 nitrogen and oxygen atoms in total. The minimum absolute atomic E-state index is 0. The van der Waals surface area contributed by atoms with Crippen molar-refractivity contribution in [1.82, 2.24) is 0 Å². The first kappa shape index (κ1) is 11.1.